The van der Waals surface area contributed by atoms with Crippen molar-refractivity contribution in [2.75, 3.05) is 0 Å². The minimum Gasteiger partial charge on any atom is -0.208 e. The summed E-state index contributed by atoms with van der Waals surface area (Å²) in [6.45, 7) is 0. The van der Waals surface area contributed by atoms with Gasteiger partial charge in [0.25, 0.3) is 0 Å². The summed E-state index contributed by atoms with van der Waals surface area (Å²) < 4.78 is 0. The van der Waals surface area contributed by atoms with Gasteiger partial charge in [-0.25, -0.2) is 29.9 Å². The molecule has 7 heteroatoms. The summed E-state index contributed by atoms with van der Waals surface area (Å²) >= 11 is 0. The van der Waals surface area contributed by atoms with Gasteiger partial charge in [-0.1, -0.05) is 188 Å². The van der Waals surface area contributed by atoms with E-state index in [2.05, 4.69) is 30.3 Å². The molecule has 0 saturated carbocycles. The molecule has 0 amide bonds. The van der Waals surface area contributed by atoms with Crippen LogP contribution in [0, 0.1) is 11.3 Å². The van der Waals surface area contributed by atoms with Gasteiger partial charge in [-0.3, -0.25) is 0 Å². The first kappa shape index (κ1) is 35.9. The van der Waals surface area contributed by atoms with Crippen LogP contribution in [-0.4, -0.2) is 29.9 Å². The van der Waals surface area contributed by atoms with Crippen molar-refractivity contribution in [2.45, 2.75) is 0 Å². The lowest BCUT2D eigenvalue weighted by Crippen LogP contribution is -2.01. The highest BCUT2D eigenvalue weighted by Gasteiger charge is 2.18. The molecule has 0 saturated heterocycles. The van der Waals surface area contributed by atoms with Crippen LogP contribution in [0.4, 0.5) is 0 Å². The largest absolute Gasteiger partial charge is 0.208 e. The van der Waals surface area contributed by atoms with Gasteiger partial charge < -0.3 is 0 Å². The van der Waals surface area contributed by atoms with Crippen LogP contribution in [0.2, 0.25) is 0 Å². The van der Waals surface area contributed by atoms with Gasteiger partial charge in [0.15, 0.2) is 34.9 Å². The van der Waals surface area contributed by atoms with Gasteiger partial charge in [-0.15, -0.1) is 0 Å². The third-order valence-corrected chi connectivity index (χ3v) is 10.4. The summed E-state index contributed by atoms with van der Waals surface area (Å²) in [7, 11) is 0. The Labute approximate surface area is 347 Å². The Morgan fingerprint density at radius 3 is 1.10 bits per heavy atom. The first-order chi connectivity index (χ1) is 29.7. The molecule has 0 aliphatic rings. The van der Waals surface area contributed by atoms with Gasteiger partial charge in [0, 0.05) is 44.5 Å². The average Bonchev–Trinajstić information content (AvgIpc) is 3.34. The SMILES string of the molecule is N#Cc1c(-c2cccc(-c3nc(-c4ccccc4)nc(-c4ccccc4)n3)c2)cccc1-c1cccc(-c2nc(-c3ccccc3)nc(-c3cccc4ccccc34)n2)c1. The van der Waals surface area contributed by atoms with Crippen molar-refractivity contribution >= 4 is 10.8 Å². The molecule has 10 rings (SSSR count). The number of aromatic nitrogens is 6. The number of nitriles is 1. The Hall–Kier alpha value is -8.47. The van der Waals surface area contributed by atoms with Crippen LogP contribution in [-0.2, 0) is 0 Å². The summed E-state index contributed by atoms with van der Waals surface area (Å²) in [5.41, 5.74) is 9.12. The highest BCUT2D eigenvalue weighted by atomic mass is 15.0. The summed E-state index contributed by atoms with van der Waals surface area (Å²) in [6.07, 6.45) is 0. The molecule has 7 nitrogen and oxygen atoms in total. The third kappa shape index (κ3) is 7.06. The number of nitrogens with zero attached hydrogens (tertiary/aromatic N) is 7. The predicted octanol–water partition coefficient (Wildman–Crippen LogP) is 12.4. The van der Waals surface area contributed by atoms with Crippen LogP contribution in [0.5, 0.6) is 0 Å². The zero-order valence-corrected chi connectivity index (χ0v) is 32.2. The number of hydrogen-bond acceptors (Lipinski definition) is 7. The maximum atomic E-state index is 10.8. The number of hydrogen-bond donors (Lipinski definition) is 0. The lowest BCUT2D eigenvalue weighted by molar-refractivity contribution is 1.07. The second kappa shape index (κ2) is 15.8. The average molecular weight is 768 g/mol. The van der Waals surface area contributed by atoms with Crippen LogP contribution >= 0.6 is 0 Å². The topological polar surface area (TPSA) is 101 Å². The van der Waals surface area contributed by atoms with Crippen LogP contribution < -0.4 is 0 Å². The van der Waals surface area contributed by atoms with Gasteiger partial charge in [0.1, 0.15) is 6.07 Å². The van der Waals surface area contributed by atoms with E-state index in [1.807, 2.05) is 176 Å². The predicted molar refractivity (Wildman–Crippen MR) is 239 cm³/mol. The molecule has 0 spiro atoms. The van der Waals surface area contributed by atoms with E-state index in [0.29, 0.717) is 40.5 Å². The Kier molecular flexibility index (Phi) is 9.47. The highest BCUT2D eigenvalue weighted by molar-refractivity contribution is 5.95. The minimum atomic E-state index is 0.540. The molecule has 0 unspecified atom stereocenters. The van der Waals surface area contributed by atoms with E-state index in [-0.39, 0.29) is 0 Å². The zero-order valence-electron chi connectivity index (χ0n) is 32.2. The fourth-order valence-electron chi connectivity index (χ4n) is 7.51. The summed E-state index contributed by atoms with van der Waals surface area (Å²) in [5, 5.41) is 13.0. The zero-order chi connectivity index (χ0) is 40.3. The molecule has 280 valence electrons. The van der Waals surface area contributed by atoms with E-state index >= 15 is 0 Å². The Morgan fingerprint density at radius 2 is 0.617 bits per heavy atom. The smallest absolute Gasteiger partial charge is 0.164 e. The van der Waals surface area contributed by atoms with Crippen molar-refractivity contribution in [3.63, 3.8) is 0 Å². The van der Waals surface area contributed by atoms with E-state index in [9.17, 15) is 5.26 Å². The molecule has 8 aromatic carbocycles. The second-order valence-electron chi connectivity index (χ2n) is 14.2. The molecule has 10 aromatic rings. The number of benzene rings is 8. The first-order valence-electron chi connectivity index (χ1n) is 19.6. The van der Waals surface area contributed by atoms with Crippen molar-refractivity contribution in [3.05, 3.63) is 206 Å². The fourth-order valence-corrected chi connectivity index (χ4v) is 7.51. The molecule has 2 aromatic heterocycles. The number of rotatable bonds is 8. The molecule has 0 radical (unpaired) electrons. The maximum absolute atomic E-state index is 10.8. The molecule has 2 heterocycles. The van der Waals surface area contributed by atoms with E-state index in [4.69, 9.17) is 29.9 Å². The quantitative estimate of drug-likeness (QED) is 0.152. The summed E-state index contributed by atoms with van der Waals surface area (Å²) in [6, 6.07) is 68.8. The summed E-state index contributed by atoms with van der Waals surface area (Å²) in [4.78, 5) is 29.8. The van der Waals surface area contributed by atoms with Gasteiger partial charge in [-0.2, -0.15) is 5.26 Å². The maximum Gasteiger partial charge on any atom is 0.164 e. The second-order valence-corrected chi connectivity index (χ2v) is 14.2. The Bertz CT molecular complexity index is 3150. The van der Waals surface area contributed by atoms with E-state index in [1.54, 1.807) is 0 Å². The molecule has 0 bridgehead atoms. The van der Waals surface area contributed by atoms with Crippen molar-refractivity contribution in [2.24, 2.45) is 0 Å². The lowest BCUT2D eigenvalue weighted by Gasteiger charge is -2.13. The monoisotopic (exact) mass is 767 g/mol. The molecule has 0 aliphatic carbocycles. The van der Waals surface area contributed by atoms with Crippen molar-refractivity contribution in [1.29, 1.82) is 5.26 Å². The van der Waals surface area contributed by atoms with E-state index in [0.717, 1.165) is 66.4 Å². The van der Waals surface area contributed by atoms with Crippen LogP contribution in [0.15, 0.2) is 200 Å². The van der Waals surface area contributed by atoms with Crippen molar-refractivity contribution < 1.29 is 0 Å². The molecule has 0 aliphatic heterocycles. The molecule has 0 atom stereocenters. The molecule has 0 fully saturated rings. The van der Waals surface area contributed by atoms with Crippen LogP contribution in [0.3, 0.4) is 0 Å². The molecular formula is C53H33N7. The van der Waals surface area contributed by atoms with E-state index in [1.165, 1.54) is 0 Å². The lowest BCUT2D eigenvalue weighted by atomic mass is 9.91. The third-order valence-electron chi connectivity index (χ3n) is 10.4. The van der Waals surface area contributed by atoms with Crippen LogP contribution in [0.1, 0.15) is 5.56 Å². The van der Waals surface area contributed by atoms with E-state index < -0.39 is 0 Å². The van der Waals surface area contributed by atoms with Gasteiger partial charge in [0.2, 0.25) is 0 Å². The van der Waals surface area contributed by atoms with Gasteiger partial charge in [0.05, 0.1) is 5.56 Å². The van der Waals surface area contributed by atoms with Crippen molar-refractivity contribution in [3.8, 4) is 96.7 Å². The van der Waals surface area contributed by atoms with Crippen molar-refractivity contribution in [1.82, 2.24) is 29.9 Å². The Balaban J connectivity index is 1.06. The molecular weight excluding hydrogens is 735 g/mol. The molecule has 0 N–H and O–H groups in total. The summed E-state index contributed by atoms with van der Waals surface area (Å²) in [5.74, 6) is 3.43. The van der Waals surface area contributed by atoms with Gasteiger partial charge in [-0.05, 0) is 34.0 Å². The van der Waals surface area contributed by atoms with Crippen LogP contribution in [0.25, 0.3) is 101 Å². The molecule has 60 heavy (non-hydrogen) atoms. The normalized spacial score (nSPS) is 11.0. The van der Waals surface area contributed by atoms with Gasteiger partial charge >= 0.3 is 0 Å². The first-order valence-corrected chi connectivity index (χ1v) is 19.6. The minimum absolute atomic E-state index is 0.540. The number of fused-ring (bicyclic) bond motifs is 1. The standard InChI is InChI=1S/C53H33N7/c54-34-47-44(39-24-12-26-41(32-39)51-56-48(36-17-4-1-5-18-36)55-49(57-51)37-19-6-2-7-20-37)29-15-30-45(47)40-25-13-27-42(33-40)52-58-50(38-21-8-3-9-22-38)59-53(60-52)46-31-14-23-35-16-10-11-28-43(35)46/h1-33H. The highest BCUT2D eigenvalue weighted by Crippen LogP contribution is 2.36. The fraction of sp³-hybridized carbons (Fsp3) is 0. The Morgan fingerprint density at radius 1 is 0.283 bits per heavy atom.